The van der Waals surface area contributed by atoms with Gasteiger partial charge in [-0.2, -0.15) is 0 Å². The third-order valence-corrected chi connectivity index (χ3v) is 2.83. The van der Waals surface area contributed by atoms with Gasteiger partial charge in [0.1, 0.15) is 0 Å². The van der Waals surface area contributed by atoms with Crippen LogP contribution in [0.2, 0.25) is 0 Å². The summed E-state index contributed by atoms with van der Waals surface area (Å²) in [6.45, 7) is 7.28. The van der Waals surface area contributed by atoms with Crippen molar-refractivity contribution in [3.63, 3.8) is 0 Å². The van der Waals surface area contributed by atoms with Crippen molar-refractivity contribution in [2.24, 2.45) is 11.3 Å². The van der Waals surface area contributed by atoms with Crippen LogP contribution in [-0.2, 0) is 9.59 Å². The van der Waals surface area contributed by atoms with Crippen LogP contribution in [0.25, 0.3) is 0 Å². The molecule has 0 spiro atoms. The van der Waals surface area contributed by atoms with Crippen molar-refractivity contribution < 1.29 is 14.7 Å². The number of rotatable bonds is 3. The summed E-state index contributed by atoms with van der Waals surface area (Å²) in [5, 5.41) is 8.81. The quantitative estimate of drug-likeness (QED) is 0.760. The molecule has 1 heterocycles. The smallest absolute Gasteiger partial charge is 0.307 e. The summed E-state index contributed by atoms with van der Waals surface area (Å²) in [5.41, 5.74) is -0.332. The van der Waals surface area contributed by atoms with Crippen molar-refractivity contribution in [2.45, 2.75) is 27.2 Å². The normalized spacial score (nSPS) is 23.0. The largest absolute Gasteiger partial charge is 0.481 e. The average molecular weight is 213 g/mol. The second-order valence-electron chi connectivity index (χ2n) is 5.23. The van der Waals surface area contributed by atoms with Crippen molar-refractivity contribution in [2.75, 3.05) is 19.6 Å². The number of carboxylic acids is 1. The molecule has 0 bridgehead atoms. The number of hydrogen-bond donors (Lipinski definition) is 1. The topological polar surface area (TPSA) is 57.6 Å². The Morgan fingerprint density at radius 2 is 2.00 bits per heavy atom. The number of likely N-dealkylation sites (tertiary alicyclic amines) is 1. The fourth-order valence-electron chi connectivity index (χ4n) is 1.62. The number of ketones is 1. The molecular weight excluding hydrogens is 194 g/mol. The third-order valence-electron chi connectivity index (χ3n) is 2.83. The first-order valence-corrected chi connectivity index (χ1v) is 5.29. The van der Waals surface area contributed by atoms with E-state index in [0.717, 1.165) is 6.54 Å². The van der Waals surface area contributed by atoms with Crippen LogP contribution in [0.1, 0.15) is 27.2 Å². The number of hydrogen-bond acceptors (Lipinski definition) is 3. The SMILES string of the molecule is CC(C)(C)C(=O)CN1CC[C@@H](C(=O)O)C1. The highest BCUT2D eigenvalue weighted by molar-refractivity contribution is 5.85. The number of carboxylic acid groups (broad SMARTS) is 1. The minimum Gasteiger partial charge on any atom is -0.481 e. The van der Waals surface area contributed by atoms with Gasteiger partial charge in [0.05, 0.1) is 12.5 Å². The van der Waals surface area contributed by atoms with E-state index < -0.39 is 5.97 Å². The van der Waals surface area contributed by atoms with E-state index in [4.69, 9.17) is 5.11 Å². The van der Waals surface area contributed by atoms with Gasteiger partial charge in [0, 0.05) is 12.0 Å². The lowest BCUT2D eigenvalue weighted by Crippen LogP contribution is -2.35. The monoisotopic (exact) mass is 213 g/mol. The molecule has 0 aromatic rings. The molecule has 0 amide bonds. The average Bonchev–Trinajstić information content (AvgIpc) is 2.50. The van der Waals surface area contributed by atoms with Gasteiger partial charge < -0.3 is 5.11 Å². The standard InChI is InChI=1S/C11H19NO3/c1-11(2,3)9(13)7-12-5-4-8(6-12)10(14)15/h8H,4-7H2,1-3H3,(H,14,15)/t8-/m1/s1. The molecule has 15 heavy (non-hydrogen) atoms. The molecule has 1 saturated heterocycles. The Balaban J connectivity index is 2.43. The zero-order valence-electron chi connectivity index (χ0n) is 9.62. The van der Waals surface area contributed by atoms with Crippen molar-refractivity contribution in [3.8, 4) is 0 Å². The molecule has 0 aliphatic carbocycles. The molecule has 0 aromatic heterocycles. The van der Waals surface area contributed by atoms with Gasteiger partial charge >= 0.3 is 5.97 Å². The molecule has 86 valence electrons. The van der Waals surface area contributed by atoms with Crippen LogP contribution in [0.15, 0.2) is 0 Å². The van der Waals surface area contributed by atoms with E-state index in [1.807, 2.05) is 25.7 Å². The van der Waals surface area contributed by atoms with Crippen LogP contribution < -0.4 is 0 Å². The van der Waals surface area contributed by atoms with E-state index >= 15 is 0 Å². The van der Waals surface area contributed by atoms with E-state index in [0.29, 0.717) is 19.5 Å². The van der Waals surface area contributed by atoms with Gasteiger partial charge in [-0.1, -0.05) is 20.8 Å². The summed E-state index contributed by atoms with van der Waals surface area (Å²) >= 11 is 0. The van der Waals surface area contributed by atoms with E-state index in [2.05, 4.69) is 0 Å². The molecule has 1 atom stereocenters. The van der Waals surface area contributed by atoms with E-state index in [-0.39, 0.29) is 17.1 Å². The molecule has 0 saturated carbocycles. The maximum Gasteiger partial charge on any atom is 0.307 e. The first kappa shape index (κ1) is 12.2. The lowest BCUT2D eigenvalue weighted by molar-refractivity contribution is -0.141. The van der Waals surface area contributed by atoms with Gasteiger partial charge in [0.2, 0.25) is 0 Å². The summed E-state index contributed by atoms with van der Waals surface area (Å²) in [6, 6.07) is 0. The summed E-state index contributed by atoms with van der Waals surface area (Å²) in [4.78, 5) is 24.4. The fraction of sp³-hybridized carbons (Fsp3) is 0.818. The summed E-state index contributed by atoms with van der Waals surface area (Å²) < 4.78 is 0. The Morgan fingerprint density at radius 3 is 2.40 bits per heavy atom. The van der Waals surface area contributed by atoms with Crippen LogP contribution in [0.5, 0.6) is 0 Å². The predicted molar refractivity (Wildman–Crippen MR) is 56.6 cm³/mol. The van der Waals surface area contributed by atoms with E-state index in [1.54, 1.807) is 0 Å². The Bertz CT molecular complexity index is 267. The summed E-state index contributed by atoms with van der Waals surface area (Å²) in [7, 11) is 0. The number of carbonyl (C=O) groups excluding carboxylic acids is 1. The number of Topliss-reactive ketones (excluding diaryl/α,β-unsaturated/α-hetero) is 1. The Hall–Kier alpha value is -0.900. The minimum absolute atomic E-state index is 0.175. The maximum absolute atomic E-state index is 11.7. The summed E-state index contributed by atoms with van der Waals surface area (Å²) in [6.07, 6.45) is 0.659. The molecule has 0 unspecified atom stereocenters. The Labute approximate surface area is 90.3 Å². The second kappa shape index (κ2) is 4.31. The van der Waals surface area contributed by atoms with Crippen molar-refractivity contribution in [3.05, 3.63) is 0 Å². The van der Waals surface area contributed by atoms with Gasteiger partial charge in [-0.3, -0.25) is 14.5 Å². The zero-order chi connectivity index (χ0) is 11.6. The lowest BCUT2D eigenvalue weighted by Gasteiger charge is -2.21. The highest BCUT2D eigenvalue weighted by Crippen LogP contribution is 2.20. The molecule has 0 radical (unpaired) electrons. The van der Waals surface area contributed by atoms with Crippen molar-refractivity contribution >= 4 is 11.8 Å². The van der Waals surface area contributed by atoms with Crippen LogP contribution in [0.4, 0.5) is 0 Å². The Kier molecular flexibility index (Phi) is 3.50. The molecule has 0 aromatic carbocycles. The van der Waals surface area contributed by atoms with Crippen LogP contribution >= 0.6 is 0 Å². The van der Waals surface area contributed by atoms with E-state index in [9.17, 15) is 9.59 Å². The van der Waals surface area contributed by atoms with E-state index in [1.165, 1.54) is 0 Å². The zero-order valence-corrected chi connectivity index (χ0v) is 9.62. The van der Waals surface area contributed by atoms with Crippen LogP contribution in [0.3, 0.4) is 0 Å². The molecule has 1 rings (SSSR count). The molecular formula is C11H19NO3. The molecule has 4 nitrogen and oxygen atoms in total. The Morgan fingerprint density at radius 1 is 1.40 bits per heavy atom. The lowest BCUT2D eigenvalue weighted by atomic mass is 9.90. The number of carbonyl (C=O) groups is 2. The molecule has 1 aliphatic rings. The van der Waals surface area contributed by atoms with Gasteiger partial charge in [-0.25, -0.2) is 0 Å². The number of aliphatic carboxylic acids is 1. The third kappa shape index (κ3) is 3.30. The maximum atomic E-state index is 11.7. The van der Waals surface area contributed by atoms with Crippen LogP contribution in [-0.4, -0.2) is 41.4 Å². The van der Waals surface area contributed by atoms with Crippen molar-refractivity contribution in [1.82, 2.24) is 4.90 Å². The molecule has 1 N–H and O–H groups in total. The summed E-state index contributed by atoms with van der Waals surface area (Å²) in [5.74, 6) is -0.869. The predicted octanol–water partition coefficient (Wildman–Crippen LogP) is 1.01. The fourth-order valence-corrected chi connectivity index (χ4v) is 1.62. The minimum atomic E-state index is -0.749. The number of nitrogens with zero attached hydrogens (tertiary/aromatic N) is 1. The molecule has 1 fully saturated rings. The highest BCUT2D eigenvalue weighted by atomic mass is 16.4. The van der Waals surface area contributed by atoms with Gasteiger partial charge in [-0.05, 0) is 13.0 Å². The first-order chi connectivity index (χ1) is 6.80. The first-order valence-electron chi connectivity index (χ1n) is 5.29. The highest BCUT2D eigenvalue weighted by Gasteiger charge is 2.31. The molecule has 4 heteroatoms. The van der Waals surface area contributed by atoms with Gasteiger partial charge in [-0.15, -0.1) is 0 Å². The molecule has 1 aliphatic heterocycles. The second-order valence-corrected chi connectivity index (χ2v) is 5.23. The van der Waals surface area contributed by atoms with Crippen molar-refractivity contribution in [1.29, 1.82) is 0 Å². The van der Waals surface area contributed by atoms with Gasteiger partial charge in [0.15, 0.2) is 5.78 Å². The van der Waals surface area contributed by atoms with Gasteiger partial charge in [0.25, 0.3) is 0 Å². The van der Waals surface area contributed by atoms with Crippen LogP contribution in [0, 0.1) is 11.3 Å².